The van der Waals surface area contributed by atoms with Crippen molar-refractivity contribution >= 4 is 27.5 Å². The van der Waals surface area contributed by atoms with Crippen LogP contribution < -0.4 is 9.64 Å². The number of fused-ring (bicyclic) bond motifs is 3. The molecule has 9 nitrogen and oxygen atoms in total. The minimum Gasteiger partial charge on any atom is -0.508 e. The lowest BCUT2D eigenvalue weighted by Crippen LogP contribution is -2.57. The summed E-state index contributed by atoms with van der Waals surface area (Å²) in [6.07, 6.45) is 18.7. The monoisotopic (exact) mass is 709 g/mol. The Morgan fingerprint density at radius 2 is 1.81 bits per heavy atom. The Bertz CT molecular complexity index is 2050. The SMILES string of the molecule is C#Cc1c(F)ccc2cc(O)cc(-c3ncc4c(N5CCCOCC5)nc(OCC56CCCC5N(C5CCC7(CC5)COC7)CCC6)nc4c3F)c12. The van der Waals surface area contributed by atoms with E-state index in [1.807, 2.05) is 0 Å². The van der Waals surface area contributed by atoms with Crippen LogP contribution in [-0.2, 0) is 9.47 Å². The number of rotatable bonds is 6. The molecule has 0 radical (unpaired) electrons. The van der Waals surface area contributed by atoms with E-state index in [1.165, 1.54) is 49.9 Å². The molecule has 4 aromatic rings. The van der Waals surface area contributed by atoms with E-state index >= 15 is 4.39 Å². The number of aromatic hydroxyl groups is 1. The molecule has 5 aliphatic rings. The lowest BCUT2D eigenvalue weighted by atomic mass is 9.69. The Kier molecular flexibility index (Phi) is 8.68. The van der Waals surface area contributed by atoms with Crippen molar-refractivity contribution in [1.82, 2.24) is 19.9 Å². The fraction of sp³-hybridized carbons (Fsp3) is 0.537. The minimum atomic E-state index is -0.719. The van der Waals surface area contributed by atoms with Crippen molar-refractivity contribution in [2.75, 3.05) is 57.6 Å². The normalized spacial score (nSPS) is 25.2. The molecule has 1 N–H and O–H groups in total. The van der Waals surface area contributed by atoms with E-state index in [0.29, 0.717) is 72.4 Å². The molecule has 2 unspecified atom stereocenters. The predicted octanol–water partition coefficient (Wildman–Crippen LogP) is 7.01. The van der Waals surface area contributed by atoms with Crippen molar-refractivity contribution in [1.29, 1.82) is 0 Å². The fourth-order valence-corrected chi connectivity index (χ4v) is 10.0. The number of likely N-dealkylation sites (tertiary alicyclic amines) is 1. The third kappa shape index (κ3) is 5.74. The molecule has 0 amide bonds. The van der Waals surface area contributed by atoms with Gasteiger partial charge in [0, 0.05) is 59.8 Å². The summed E-state index contributed by atoms with van der Waals surface area (Å²) in [6, 6.07) is 6.76. The molecule has 52 heavy (non-hydrogen) atoms. The molecular formula is C41H45F2N5O4. The van der Waals surface area contributed by atoms with Gasteiger partial charge in [-0.3, -0.25) is 9.88 Å². The van der Waals surface area contributed by atoms with Gasteiger partial charge in [-0.1, -0.05) is 18.4 Å². The lowest BCUT2D eigenvalue weighted by Gasteiger charge is -2.53. The van der Waals surface area contributed by atoms with E-state index in [-0.39, 0.29) is 39.5 Å². The molecule has 3 aliphatic heterocycles. The van der Waals surface area contributed by atoms with Gasteiger partial charge in [-0.05, 0) is 87.9 Å². The number of nitrogens with zero attached hydrogens (tertiary/aromatic N) is 5. The molecule has 0 bridgehead atoms. The smallest absolute Gasteiger partial charge is 0.319 e. The summed E-state index contributed by atoms with van der Waals surface area (Å²) in [5, 5.41) is 11.8. The molecule has 2 saturated carbocycles. The number of hydrogen-bond acceptors (Lipinski definition) is 9. The van der Waals surface area contributed by atoms with E-state index in [2.05, 4.69) is 20.7 Å². The maximum Gasteiger partial charge on any atom is 0.319 e. The van der Waals surface area contributed by atoms with Gasteiger partial charge < -0.3 is 24.2 Å². The van der Waals surface area contributed by atoms with Gasteiger partial charge in [0.25, 0.3) is 0 Å². The van der Waals surface area contributed by atoms with E-state index < -0.39 is 11.6 Å². The van der Waals surface area contributed by atoms with Crippen LogP contribution in [0.25, 0.3) is 32.9 Å². The molecule has 272 valence electrons. The second-order valence-electron chi connectivity index (χ2n) is 15.7. The molecule has 2 aliphatic carbocycles. The van der Waals surface area contributed by atoms with E-state index in [9.17, 15) is 9.50 Å². The zero-order valence-electron chi connectivity index (χ0n) is 29.5. The first-order valence-electron chi connectivity index (χ1n) is 18.9. The minimum absolute atomic E-state index is 0.0139. The summed E-state index contributed by atoms with van der Waals surface area (Å²) in [4.78, 5) is 19.1. The number of terminal acetylenes is 1. The van der Waals surface area contributed by atoms with Gasteiger partial charge in [-0.15, -0.1) is 6.42 Å². The summed E-state index contributed by atoms with van der Waals surface area (Å²) in [5.41, 5.74) is 0.520. The van der Waals surface area contributed by atoms with Crippen molar-refractivity contribution in [3.63, 3.8) is 0 Å². The van der Waals surface area contributed by atoms with Crippen molar-refractivity contribution < 1.29 is 28.1 Å². The largest absolute Gasteiger partial charge is 0.508 e. The average Bonchev–Trinajstić information content (AvgIpc) is 3.40. The number of aromatic nitrogens is 3. The van der Waals surface area contributed by atoms with Crippen LogP contribution in [0, 0.1) is 34.8 Å². The molecular weight excluding hydrogens is 664 g/mol. The summed E-state index contributed by atoms with van der Waals surface area (Å²) in [7, 11) is 0. The number of piperidine rings is 1. The second-order valence-corrected chi connectivity index (χ2v) is 15.7. The maximum absolute atomic E-state index is 17.0. The summed E-state index contributed by atoms with van der Waals surface area (Å²) >= 11 is 0. The molecule has 11 heteroatoms. The quantitative estimate of drug-likeness (QED) is 0.212. The van der Waals surface area contributed by atoms with Gasteiger partial charge in [-0.2, -0.15) is 9.97 Å². The Morgan fingerprint density at radius 3 is 2.62 bits per heavy atom. The number of anilines is 1. The van der Waals surface area contributed by atoms with E-state index in [4.69, 9.17) is 30.6 Å². The predicted molar refractivity (Wildman–Crippen MR) is 194 cm³/mol. The number of phenolic OH excluding ortho intramolecular Hbond substituents is 1. The van der Waals surface area contributed by atoms with Crippen LogP contribution in [0.2, 0.25) is 0 Å². The van der Waals surface area contributed by atoms with Crippen LogP contribution in [0.1, 0.15) is 69.8 Å². The van der Waals surface area contributed by atoms with Crippen LogP contribution in [-0.4, -0.2) is 89.7 Å². The first-order chi connectivity index (χ1) is 25.4. The van der Waals surface area contributed by atoms with Gasteiger partial charge in [-0.25, -0.2) is 8.78 Å². The van der Waals surface area contributed by atoms with Crippen LogP contribution in [0.4, 0.5) is 14.6 Å². The Labute approximate surface area is 302 Å². The highest BCUT2D eigenvalue weighted by atomic mass is 19.1. The highest BCUT2D eigenvalue weighted by Crippen LogP contribution is 2.51. The van der Waals surface area contributed by atoms with Crippen LogP contribution >= 0.6 is 0 Å². The first-order valence-corrected chi connectivity index (χ1v) is 18.9. The summed E-state index contributed by atoms with van der Waals surface area (Å²) < 4.78 is 49.9. The van der Waals surface area contributed by atoms with Crippen LogP contribution in [0.15, 0.2) is 30.5 Å². The van der Waals surface area contributed by atoms with E-state index in [1.54, 1.807) is 6.20 Å². The highest BCUT2D eigenvalue weighted by Gasteiger charge is 2.51. The third-order valence-corrected chi connectivity index (χ3v) is 12.8. The van der Waals surface area contributed by atoms with Crippen molar-refractivity contribution in [2.45, 2.75) is 76.3 Å². The standard InChI is InChI=1S/C41H45F2N5O4/c1-2-29-32(42)8-7-26-20-28(49)21-30(34(26)29)36-35(43)37-31(22-44-36)38(47-15-5-18-50-19-17-47)46-39(45-37)52-25-41-11-3-6-33(41)48(16-4-12-41)27-9-13-40(14-10-27)23-51-24-40/h1,7-8,20-22,27,33,49H,3-6,9-19,23-25H2. The topological polar surface area (TPSA) is 93.1 Å². The molecule has 2 atom stereocenters. The average molecular weight is 710 g/mol. The number of ether oxygens (including phenoxy) is 3. The zero-order chi connectivity index (χ0) is 35.5. The Morgan fingerprint density at radius 1 is 0.962 bits per heavy atom. The van der Waals surface area contributed by atoms with Crippen LogP contribution in [0.5, 0.6) is 11.8 Å². The number of benzene rings is 2. The number of hydrogen-bond donors (Lipinski definition) is 1. The zero-order valence-corrected chi connectivity index (χ0v) is 29.5. The Hall–Kier alpha value is -4.11. The first kappa shape index (κ1) is 33.7. The van der Waals surface area contributed by atoms with Crippen molar-refractivity contribution in [2.24, 2.45) is 10.8 Å². The molecule has 2 aromatic carbocycles. The van der Waals surface area contributed by atoms with Crippen LogP contribution in [0.3, 0.4) is 0 Å². The number of halogens is 2. The Balaban J connectivity index is 1.08. The van der Waals surface area contributed by atoms with Gasteiger partial charge in [0.15, 0.2) is 5.82 Å². The van der Waals surface area contributed by atoms with E-state index in [0.717, 1.165) is 58.3 Å². The second kappa shape index (κ2) is 13.4. The summed E-state index contributed by atoms with van der Waals surface area (Å²) in [6.45, 7) is 5.84. The molecule has 9 rings (SSSR count). The fourth-order valence-electron chi connectivity index (χ4n) is 10.0. The lowest BCUT2D eigenvalue weighted by molar-refractivity contribution is -0.143. The third-order valence-electron chi connectivity index (χ3n) is 12.8. The van der Waals surface area contributed by atoms with Gasteiger partial charge in [0.05, 0.1) is 37.4 Å². The molecule has 2 aromatic heterocycles. The summed E-state index contributed by atoms with van der Waals surface area (Å²) in [5.74, 6) is 1.50. The van der Waals surface area contributed by atoms with Gasteiger partial charge in [0.2, 0.25) is 0 Å². The molecule has 5 fully saturated rings. The molecule has 3 saturated heterocycles. The molecule has 1 spiro atoms. The van der Waals surface area contributed by atoms with Gasteiger partial charge in [0.1, 0.15) is 28.6 Å². The maximum atomic E-state index is 17.0. The van der Waals surface area contributed by atoms with Crippen molar-refractivity contribution in [3.05, 3.63) is 47.7 Å². The van der Waals surface area contributed by atoms with Crippen molar-refractivity contribution in [3.8, 4) is 35.4 Å². The number of pyridine rings is 1. The molecule has 5 heterocycles. The highest BCUT2D eigenvalue weighted by molar-refractivity contribution is 6.03. The number of phenols is 1. The van der Waals surface area contributed by atoms with Gasteiger partial charge >= 0.3 is 6.01 Å².